The summed E-state index contributed by atoms with van der Waals surface area (Å²) in [6.07, 6.45) is 1.69. The first-order chi connectivity index (χ1) is 9.63. The van der Waals surface area contributed by atoms with E-state index in [1.54, 1.807) is 17.6 Å². The first-order valence-corrected chi connectivity index (χ1v) is 7.37. The molecule has 3 rings (SSSR count). The van der Waals surface area contributed by atoms with E-state index in [-0.39, 0.29) is 5.11 Å². The number of nitrogens with two attached hydrogens (primary N) is 1. The number of fused-ring (bicyclic) bond motifs is 3. The fourth-order valence-electron chi connectivity index (χ4n) is 1.97. The maximum Gasteiger partial charge on any atom is 0.184 e. The summed E-state index contributed by atoms with van der Waals surface area (Å²) in [6, 6.07) is 7.67. The second kappa shape index (κ2) is 5.40. The summed E-state index contributed by atoms with van der Waals surface area (Å²) in [6.45, 7) is 0.553. The van der Waals surface area contributed by atoms with Crippen LogP contribution in [0.3, 0.4) is 0 Å². The molecule has 2 heterocycles. The Kier molecular flexibility index (Phi) is 3.60. The van der Waals surface area contributed by atoms with Crippen molar-refractivity contribution < 1.29 is 4.74 Å². The van der Waals surface area contributed by atoms with Gasteiger partial charge in [-0.05, 0) is 36.5 Å². The molecule has 0 atom stereocenters. The minimum atomic E-state index is 0.142. The maximum atomic E-state index is 6.05. The number of nitrogens with one attached hydrogen (secondary N) is 1. The summed E-state index contributed by atoms with van der Waals surface area (Å²) < 4.78 is 5.71. The molecule has 2 aromatic rings. The molecular formula is C13H10ClN3OS2. The predicted molar refractivity (Wildman–Crippen MR) is 86.6 cm³/mol. The summed E-state index contributed by atoms with van der Waals surface area (Å²) in [5.41, 5.74) is 9.99. The summed E-state index contributed by atoms with van der Waals surface area (Å²) in [4.78, 5) is 2.15. The molecule has 20 heavy (non-hydrogen) atoms. The average Bonchev–Trinajstić information content (AvgIpc) is 2.81. The van der Waals surface area contributed by atoms with Gasteiger partial charge in [-0.3, -0.25) is 5.43 Å². The Morgan fingerprint density at radius 3 is 3.15 bits per heavy atom. The van der Waals surface area contributed by atoms with Gasteiger partial charge in [-0.2, -0.15) is 5.10 Å². The lowest BCUT2D eigenvalue weighted by Gasteiger charge is -2.17. The lowest BCUT2D eigenvalue weighted by Crippen LogP contribution is -2.23. The molecule has 3 N–H and O–H groups in total. The van der Waals surface area contributed by atoms with Gasteiger partial charge < -0.3 is 10.5 Å². The van der Waals surface area contributed by atoms with E-state index < -0.39 is 0 Å². The van der Waals surface area contributed by atoms with Crippen LogP contribution >= 0.6 is 35.2 Å². The average molecular weight is 324 g/mol. The quantitative estimate of drug-likeness (QED) is 0.506. The highest BCUT2D eigenvalue weighted by molar-refractivity contribution is 7.80. The fourth-order valence-corrected chi connectivity index (χ4v) is 3.25. The van der Waals surface area contributed by atoms with E-state index in [0.29, 0.717) is 11.6 Å². The van der Waals surface area contributed by atoms with Crippen LogP contribution in [0.25, 0.3) is 10.4 Å². The van der Waals surface area contributed by atoms with E-state index in [1.807, 2.05) is 24.3 Å². The number of hydrogen-bond acceptors (Lipinski definition) is 4. The predicted octanol–water partition coefficient (Wildman–Crippen LogP) is 3.13. The smallest absolute Gasteiger partial charge is 0.184 e. The molecule has 102 valence electrons. The SMILES string of the molecule is NC(=S)N/N=C/c1cc2c(s1)-c1cc(Cl)ccc1OC2. The maximum absolute atomic E-state index is 6.05. The van der Waals surface area contributed by atoms with Gasteiger partial charge in [0.25, 0.3) is 0 Å². The van der Waals surface area contributed by atoms with Gasteiger partial charge in [-0.15, -0.1) is 11.3 Å². The van der Waals surface area contributed by atoms with Crippen LogP contribution in [0.5, 0.6) is 5.75 Å². The summed E-state index contributed by atoms with van der Waals surface area (Å²) in [5.74, 6) is 0.855. The van der Waals surface area contributed by atoms with Gasteiger partial charge in [-0.25, -0.2) is 0 Å². The highest BCUT2D eigenvalue weighted by atomic mass is 35.5. The molecule has 0 aliphatic carbocycles. The van der Waals surface area contributed by atoms with E-state index in [2.05, 4.69) is 22.7 Å². The summed E-state index contributed by atoms with van der Waals surface area (Å²) in [7, 11) is 0. The van der Waals surface area contributed by atoms with E-state index >= 15 is 0 Å². The van der Waals surface area contributed by atoms with Crippen LogP contribution in [-0.2, 0) is 6.61 Å². The van der Waals surface area contributed by atoms with Crippen LogP contribution in [0.15, 0.2) is 29.4 Å². The van der Waals surface area contributed by atoms with Crippen molar-refractivity contribution in [2.24, 2.45) is 10.8 Å². The van der Waals surface area contributed by atoms with Gasteiger partial charge in [-0.1, -0.05) is 11.6 Å². The van der Waals surface area contributed by atoms with Crippen LogP contribution in [-0.4, -0.2) is 11.3 Å². The van der Waals surface area contributed by atoms with E-state index in [0.717, 1.165) is 26.6 Å². The number of thiocarbonyl (C=S) groups is 1. The lowest BCUT2D eigenvalue weighted by molar-refractivity contribution is 0.303. The van der Waals surface area contributed by atoms with Crippen molar-refractivity contribution in [3.63, 3.8) is 0 Å². The van der Waals surface area contributed by atoms with Gasteiger partial charge >= 0.3 is 0 Å². The third-order valence-corrected chi connectivity index (χ3v) is 4.24. The third kappa shape index (κ3) is 2.63. The molecule has 4 nitrogen and oxygen atoms in total. The molecule has 0 saturated heterocycles. The molecule has 1 aliphatic rings. The normalized spacial score (nSPS) is 12.7. The van der Waals surface area contributed by atoms with Gasteiger partial charge in [0, 0.05) is 25.9 Å². The van der Waals surface area contributed by atoms with Crippen LogP contribution in [0.1, 0.15) is 10.4 Å². The van der Waals surface area contributed by atoms with Crippen LogP contribution in [0.2, 0.25) is 5.02 Å². The molecule has 0 bridgehead atoms. The summed E-state index contributed by atoms with van der Waals surface area (Å²) in [5, 5.41) is 4.80. The van der Waals surface area contributed by atoms with E-state index in [9.17, 15) is 0 Å². The number of ether oxygens (including phenoxy) is 1. The van der Waals surface area contributed by atoms with Crippen molar-refractivity contribution in [3.05, 3.63) is 39.7 Å². The first kappa shape index (κ1) is 13.4. The van der Waals surface area contributed by atoms with Gasteiger partial charge in [0.05, 0.1) is 6.21 Å². The van der Waals surface area contributed by atoms with Crippen molar-refractivity contribution in [2.75, 3.05) is 0 Å². The molecule has 1 aromatic heterocycles. The van der Waals surface area contributed by atoms with Gasteiger partial charge in [0.2, 0.25) is 0 Å². The molecule has 0 amide bonds. The van der Waals surface area contributed by atoms with Crippen molar-refractivity contribution in [1.29, 1.82) is 0 Å². The van der Waals surface area contributed by atoms with Gasteiger partial charge in [0.1, 0.15) is 12.4 Å². The molecule has 7 heteroatoms. The highest BCUT2D eigenvalue weighted by Crippen LogP contribution is 2.43. The Balaban J connectivity index is 1.95. The Morgan fingerprint density at radius 2 is 2.35 bits per heavy atom. The third-order valence-electron chi connectivity index (χ3n) is 2.76. The van der Waals surface area contributed by atoms with Crippen molar-refractivity contribution in [2.45, 2.75) is 6.61 Å². The standard InChI is InChI=1S/C13H10ClN3OS2/c14-8-1-2-11-10(4-8)12-7(6-18-11)3-9(20-12)5-16-17-13(15)19/h1-5H,6H2,(H3,15,17,19)/b16-5+. The van der Waals surface area contributed by atoms with Crippen molar-refractivity contribution in [3.8, 4) is 16.2 Å². The molecular weight excluding hydrogens is 314 g/mol. The molecule has 0 fully saturated rings. The Hall–Kier alpha value is -1.63. The van der Waals surface area contributed by atoms with E-state index in [4.69, 9.17) is 22.1 Å². The first-order valence-electron chi connectivity index (χ1n) is 5.77. The molecule has 0 saturated carbocycles. The summed E-state index contributed by atoms with van der Waals surface area (Å²) >= 11 is 12.4. The zero-order chi connectivity index (χ0) is 14.1. The molecule has 0 radical (unpaired) electrons. The Labute approximate surface area is 130 Å². The molecule has 0 spiro atoms. The van der Waals surface area contributed by atoms with Crippen LogP contribution in [0, 0.1) is 0 Å². The molecule has 1 aromatic carbocycles. The van der Waals surface area contributed by atoms with Crippen molar-refractivity contribution >= 4 is 46.5 Å². The number of hydrazone groups is 1. The molecule has 1 aliphatic heterocycles. The monoisotopic (exact) mass is 323 g/mol. The second-order valence-electron chi connectivity index (χ2n) is 4.17. The highest BCUT2D eigenvalue weighted by Gasteiger charge is 2.20. The molecule has 0 unspecified atom stereocenters. The minimum Gasteiger partial charge on any atom is -0.488 e. The van der Waals surface area contributed by atoms with Crippen LogP contribution < -0.4 is 15.9 Å². The number of nitrogens with zero attached hydrogens (tertiary/aromatic N) is 1. The number of rotatable bonds is 2. The topological polar surface area (TPSA) is 59.6 Å². The van der Waals surface area contributed by atoms with Crippen LogP contribution in [0.4, 0.5) is 0 Å². The number of thiophene rings is 1. The zero-order valence-corrected chi connectivity index (χ0v) is 12.6. The Morgan fingerprint density at radius 1 is 1.50 bits per heavy atom. The zero-order valence-electron chi connectivity index (χ0n) is 10.2. The number of benzene rings is 1. The van der Waals surface area contributed by atoms with E-state index in [1.165, 1.54) is 0 Å². The minimum absolute atomic E-state index is 0.142. The number of hydrogen-bond donors (Lipinski definition) is 2. The second-order valence-corrected chi connectivity index (χ2v) is 6.13. The largest absolute Gasteiger partial charge is 0.488 e. The number of halogens is 1. The van der Waals surface area contributed by atoms with Gasteiger partial charge in [0.15, 0.2) is 5.11 Å². The Bertz CT molecular complexity index is 712. The lowest BCUT2D eigenvalue weighted by atomic mass is 10.1. The fraction of sp³-hybridized carbons (Fsp3) is 0.0769. The van der Waals surface area contributed by atoms with Crippen molar-refractivity contribution in [1.82, 2.24) is 5.43 Å².